The molecule has 0 heterocycles. The highest BCUT2D eigenvalue weighted by molar-refractivity contribution is 4.81. The molecule has 0 spiro atoms. The summed E-state index contributed by atoms with van der Waals surface area (Å²) in [6.07, 6.45) is 7.49. The summed E-state index contributed by atoms with van der Waals surface area (Å²) in [5, 5.41) is 3.78. The van der Waals surface area contributed by atoms with E-state index in [2.05, 4.69) is 86.5 Å². The molecule has 0 saturated carbocycles. The summed E-state index contributed by atoms with van der Waals surface area (Å²) in [5.74, 6) is 0. The first-order valence-electron chi connectivity index (χ1n) is 11.6. The molecule has 0 aromatic rings. The molecular formula is C25H54N2O. The molecule has 3 nitrogen and oxygen atoms in total. The Kier molecular flexibility index (Phi) is 11.9. The van der Waals surface area contributed by atoms with Crippen LogP contribution in [0.2, 0.25) is 0 Å². The van der Waals surface area contributed by atoms with Gasteiger partial charge in [0.25, 0.3) is 0 Å². The minimum Gasteiger partial charge on any atom is -0.380 e. The van der Waals surface area contributed by atoms with Gasteiger partial charge in [-0.25, -0.2) is 0 Å². The molecule has 0 atom stereocenters. The molecule has 0 aromatic heterocycles. The minimum absolute atomic E-state index is 0.216. The van der Waals surface area contributed by atoms with Gasteiger partial charge in [-0.3, -0.25) is 4.90 Å². The molecule has 0 aliphatic heterocycles. The molecule has 0 saturated heterocycles. The Balaban J connectivity index is 3.96. The average molecular weight is 399 g/mol. The Labute approximate surface area is 178 Å². The van der Waals surface area contributed by atoms with Gasteiger partial charge in [0.05, 0.1) is 6.61 Å². The van der Waals surface area contributed by atoms with Crippen molar-refractivity contribution < 1.29 is 4.74 Å². The number of ether oxygens (including phenoxy) is 1. The van der Waals surface area contributed by atoms with Crippen molar-refractivity contribution in [3.05, 3.63) is 0 Å². The van der Waals surface area contributed by atoms with Gasteiger partial charge in [0, 0.05) is 24.2 Å². The highest BCUT2D eigenvalue weighted by Gasteiger charge is 2.24. The highest BCUT2D eigenvalue weighted by atomic mass is 16.5. The summed E-state index contributed by atoms with van der Waals surface area (Å²) < 4.78 is 5.93. The van der Waals surface area contributed by atoms with Crippen molar-refractivity contribution in [2.24, 2.45) is 10.8 Å². The molecule has 0 radical (unpaired) electrons. The standard InChI is InChI=1S/C25H54N2O/c1-22(2,3)14-12-13-18-26-25(9,10)16-15-24(7,8)17-20-28-21-19-27(11)23(4,5)6/h26H,12-21H2,1-11H3. The monoisotopic (exact) mass is 398 g/mol. The van der Waals surface area contributed by atoms with E-state index in [1.807, 2.05) is 0 Å². The fraction of sp³-hybridized carbons (Fsp3) is 1.00. The zero-order valence-corrected chi connectivity index (χ0v) is 21.4. The number of unbranched alkanes of at least 4 members (excludes halogenated alkanes) is 1. The maximum Gasteiger partial charge on any atom is 0.0593 e. The zero-order valence-electron chi connectivity index (χ0n) is 21.4. The van der Waals surface area contributed by atoms with Gasteiger partial charge in [0.2, 0.25) is 0 Å². The third-order valence-electron chi connectivity index (χ3n) is 6.02. The second-order valence-electron chi connectivity index (χ2n) is 12.4. The first kappa shape index (κ1) is 27.9. The third-order valence-corrected chi connectivity index (χ3v) is 6.02. The van der Waals surface area contributed by atoms with Crippen molar-refractivity contribution in [1.29, 1.82) is 0 Å². The van der Waals surface area contributed by atoms with E-state index in [1.54, 1.807) is 0 Å². The summed E-state index contributed by atoms with van der Waals surface area (Å²) in [7, 11) is 2.17. The second kappa shape index (κ2) is 11.9. The molecule has 0 fully saturated rings. The molecule has 0 amide bonds. The summed E-state index contributed by atoms with van der Waals surface area (Å²) >= 11 is 0. The largest absolute Gasteiger partial charge is 0.380 e. The third kappa shape index (κ3) is 15.8. The lowest BCUT2D eigenvalue weighted by Crippen LogP contribution is -2.41. The van der Waals surface area contributed by atoms with E-state index in [-0.39, 0.29) is 11.1 Å². The maximum atomic E-state index is 5.93. The molecule has 0 unspecified atom stereocenters. The predicted octanol–water partition coefficient (Wildman–Crippen LogP) is 6.51. The number of hydrogen-bond donors (Lipinski definition) is 1. The molecule has 170 valence electrons. The molecule has 0 bridgehead atoms. The van der Waals surface area contributed by atoms with Crippen LogP contribution in [0.4, 0.5) is 0 Å². The van der Waals surface area contributed by atoms with Crippen LogP contribution in [-0.4, -0.2) is 49.3 Å². The molecule has 0 aliphatic rings. The zero-order chi connectivity index (χ0) is 22.1. The topological polar surface area (TPSA) is 24.5 Å². The van der Waals surface area contributed by atoms with Crippen LogP contribution >= 0.6 is 0 Å². The Bertz CT molecular complexity index is 402. The van der Waals surface area contributed by atoms with Crippen molar-refractivity contribution in [3.63, 3.8) is 0 Å². The van der Waals surface area contributed by atoms with E-state index < -0.39 is 0 Å². The van der Waals surface area contributed by atoms with Gasteiger partial charge in [0.1, 0.15) is 0 Å². The highest BCUT2D eigenvalue weighted by Crippen LogP contribution is 2.30. The molecule has 28 heavy (non-hydrogen) atoms. The maximum absolute atomic E-state index is 5.93. The Hall–Kier alpha value is -0.120. The first-order chi connectivity index (χ1) is 12.5. The van der Waals surface area contributed by atoms with Crippen molar-refractivity contribution in [3.8, 4) is 0 Å². The normalized spacial score (nSPS) is 14.1. The van der Waals surface area contributed by atoms with E-state index in [1.165, 1.54) is 32.1 Å². The predicted molar refractivity (Wildman–Crippen MR) is 126 cm³/mol. The fourth-order valence-electron chi connectivity index (χ4n) is 3.06. The molecule has 0 rings (SSSR count). The lowest BCUT2D eigenvalue weighted by atomic mass is 9.80. The van der Waals surface area contributed by atoms with E-state index in [0.717, 1.165) is 32.7 Å². The SMILES string of the molecule is CN(CCOCCC(C)(C)CCC(C)(C)NCCCCC(C)(C)C)C(C)(C)C. The minimum atomic E-state index is 0.216. The Morgan fingerprint density at radius 2 is 1.32 bits per heavy atom. The smallest absolute Gasteiger partial charge is 0.0593 e. The van der Waals surface area contributed by atoms with Crippen LogP contribution in [0.15, 0.2) is 0 Å². The molecule has 3 heteroatoms. The quantitative estimate of drug-likeness (QED) is 0.337. The average Bonchev–Trinajstić information content (AvgIpc) is 2.50. The molecular weight excluding hydrogens is 344 g/mol. The number of nitrogens with zero attached hydrogens (tertiary/aromatic N) is 1. The second-order valence-corrected chi connectivity index (χ2v) is 12.4. The summed E-state index contributed by atoms with van der Waals surface area (Å²) in [5.41, 5.74) is 1.23. The Morgan fingerprint density at radius 1 is 0.714 bits per heavy atom. The van der Waals surface area contributed by atoms with E-state index in [0.29, 0.717) is 10.8 Å². The lowest BCUT2D eigenvalue weighted by molar-refractivity contribution is 0.0629. The van der Waals surface area contributed by atoms with Gasteiger partial charge < -0.3 is 10.1 Å². The van der Waals surface area contributed by atoms with Crippen LogP contribution < -0.4 is 5.32 Å². The van der Waals surface area contributed by atoms with Gasteiger partial charge in [0.15, 0.2) is 0 Å². The summed E-state index contributed by atoms with van der Waals surface area (Å²) in [6.45, 7) is 27.0. The van der Waals surface area contributed by atoms with Crippen LogP contribution in [-0.2, 0) is 4.74 Å². The van der Waals surface area contributed by atoms with E-state index in [4.69, 9.17) is 4.74 Å². The first-order valence-corrected chi connectivity index (χ1v) is 11.6. The van der Waals surface area contributed by atoms with Gasteiger partial charge in [-0.1, -0.05) is 41.0 Å². The van der Waals surface area contributed by atoms with Crippen molar-refractivity contribution >= 4 is 0 Å². The van der Waals surface area contributed by atoms with E-state index in [9.17, 15) is 0 Å². The molecule has 0 aliphatic carbocycles. The van der Waals surface area contributed by atoms with E-state index >= 15 is 0 Å². The van der Waals surface area contributed by atoms with Crippen LogP contribution in [0, 0.1) is 10.8 Å². The van der Waals surface area contributed by atoms with Crippen LogP contribution in [0.5, 0.6) is 0 Å². The number of rotatable bonds is 14. The number of likely N-dealkylation sites (N-methyl/N-ethyl adjacent to an activating group) is 1. The number of nitrogens with one attached hydrogen (secondary N) is 1. The van der Waals surface area contributed by atoms with Crippen LogP contribution in [0.25, 0.3) is 0 Å². The van der Waals surface area contributed by atoms with Crippen LogP contribution in [0.1, 0.15) is 108 Å². The van der Waals surface area contributed by atoms with Gasteiger partial charge in [-0.2, -0.15) is 0 Å². The Morgan fingerprint density at radius 3 is 1.86 bits per heavy atom. The summed E-state index contributed by atoms with van der Waals surface area (Å²) in [6, 6.07) is 0. The van der Waals surface area contributed by atoms with Crippen molar-refractivity contribution in [1.82, 2.24) is 10.2 Å². The number of hydrogen-bond acceptors (Lipinski definition) is 3. The van der Waals surface area contributed by atoms with Gasteiger partial charge >= 0.3 is 0 Å². The van der Waals surface area contributed by atoms with Crippen LogP contribution in [0.3, 0.4) is 0 Å². The van der Waals surface area contributed by atoms with Crippen molar-refractivity contribution in [2.45, 2.75) is 119 Å². The molecule has 0 aromatic carbocycles. The van der Waals surface area contributed by atoms with Crippen molar-refractivity contribution in [2.75, 3.05) is 33.4 Å². The lowest BCUT2D eigenvalue weighted by Gasteiger charge is -2.33. The fourth-order valence-corrected chi connectivity index (χ4v) is 3.06. The van der Waals surface area contributed by atoms with Gasteiger partial charge in [-0.15, -0.1) is 0 Å². The van der Waals surface area contributed by atoms with Gasteiger partial charge in [-0.05, 0) is 91.1 Å². The molecule has 1 N–H and O–H groups in total. The summed E-state index contributed by atoms with van der Waals surface area (Å²) in [4.78, 5) is 2.35.